The second kappa shape index (κ2) is 8.70. The van der Waals surface area contributed by atoms with Crippen molar-refractivity contribution in [2.24, 2.45) is 0 Å². The lowest BCUT2D eigenvalue weighted by Crippen LogP contribution is -2.22. The van der Waals surface area contributed by atoms with E-state index in [9.17, 15) is 4.79 Å². The minimum Gasteiger partial charge on any atom is -0.493 e. The second-order valence-corrected chi connectivity index (χ2v) is 6.18. The monoisotopic (exact) mass is 393 g/mol. The van der Waals surface area contributed by atoms with Gasteiger partial charge in [-0.1, -0.05) is 45.8 Å². The lowest BCUT2D eigenvalue weighted by Gasteiger charge is -2.17. The fourth-order valence-corrected chi connectivity index (χ4v) is 2.65. The summed E-state index contributed by atoms with van der Waals surface area (Å²) in [4.78, 5) is 10.7. The summed E-state index contributed by atoms with van der Waals surface area (Å²) in [5.41, 5.74) is 3.06. The van der Waals surface area contributed by atoms with Crippen molar-refractivity contribution in [1.29, 1.82) is 0 Å². The number of rotatable bonds is 8. The number of halogens is 1. The minimum atomic E-state index is -0.906. The molecule has 0 unspecified atom stereocenters. The largest absolute Gasteiger partial charge is 0.493 e. The molecule has 5 nitrogen and oxygen atoms in total. The number of aryl methyl sites for hydroxylation is 1. The molecule has 0 aromatic heterocycles. The number of carboxylic acids is 1. The van der Waals surface area contributed by atoms with Crippen LogP contribution in [-0.2, 0) is 17.9 Å². The predicted octanol–water partition coefficient (Wildman–Crippen LogP) is 3.52. The first kappa shape index (κ1) is 18.3. The average Bonchev–Trinajstić information content (AvgIpc) is 2.56. The third-order valence-electron chi connectivity index (χ3n) is 3.47. The molecule has 0 saturated heterocycles. The van der Waals surface area contributed by atoms with Gasteiger partial charge in [0.15, 0.2) is 11.5 Å². The Morgan fingerprint density at radius 2 is 1.92 bits per heavy atom. The molecule has 2 N–H and O–H groups in total. The SMILES string of the molecule is COc1ccc(Br)c(CNCC(=O)O)c1OCc1ccc(C)cc1. The zero-order chi connectivity index (χ0) is 17.5. The smallest absolute Gasteiger partial charge is 0.317 e. The van der Waals surface area contributed by atoms with E-state index in [0.29, 0.717) is 24.7 Å². The molecular weight excluding hydrogens is 374 g/mol. The number of carbonyl (C=O) groups is 1. The first-order chi connectivity index (χ1) is 11.5. The zero-order valence-electron chi connectivity index (χ0n) is 13.6. The zero-order valence-corrected chi connectivity index (χ0v) is 15.2. The maximum absolute atomic E-state index is 10.7. The van der Waals surface area contributed by atoms with Crippen molar-refractivity contribution in [2.45, 2.75) is 20.1 Å². The molecule has 0 aliphatic heterocycles. The number of nitrogens with one attached hydrogen (secondary N) is 1. The molecule has 0 bridgehead atoms. The van der Waals surface area contributed by atoms with E-state index in [1.807, 2.05) is 43.3 Å². The second-order valence-electron chi connectivity index (χ2n) is 5.33. The summed E-state index contributed by atoms with van der Waals surface area (Å²) in [6.07, 6.45) is 0. The van der Waals surface area contributed by atoms with E-state index in [-0.39, 0.29) is 6.54 Å². The summed E-state index contributed by atoms with van der Waals surface area (Å²) in [7, 11) is 1.58. The van der Waals surface area contributed by atoms with Crippen molar-refractivity contribution in [2.75, 3.05) is 13.7 Å². The van der Waals surface area contributed by atoms with E-state index < -0.39 is 5.97 Å². The van der Waals surface area contributed by atoms with E-state index in [1.54, 1.807) is 7.11 Å². The van der Waals surface area contributed by atoms with Gasteiger partial charge < -0.3 is 19.9 Å². The van der Waals surface area contributed by atoms with Crippen LogP contribution in [0.5, 0.6) is 11.5 Å². The fraction of sp³-hybridized carbons (Fsp3) is 0.278. The number of aliphatic carboxylic acids is 1. The van der Waals surface area contributed by atoms with E-state index in [0.717, 1.165) is 15.6 Å². The molecule has 0 fully saturated rings. The number of ether oxygens (including phenoxy) is 2. The van der Waals surface area contributed by atoms with Gasteiger partial charge in [0, 0.05) is 16.6 Å². The van der Waals surface area contributed by atoms with Crippen molar-refractivity contribution in [3.63, 3.8) is 0 Å². The molecule has 0 spiro atoms. The van der Waals surface area contributed by atoms with Gasteiger partial charge in [-0.3, -0.25) is 4.79 Å². The molecule has 0 radical (unpaired) electrons. The highest BCUT2D eigenvalue weighted by Crippen LogP contribution is 2.36. The summed E-state index contributed by atoms with van der Waals surface area (Å²) in [5.74, 6) is 0.305. The summed E-state index contributed by atoms with van der Waals surface area (Å²) < 4.78 is 12.2. The van der Waals surface area contributed by atoms with Crippen LogP contribution in [0.2, 0.25) is 0 Å². The minimum absolute atomic E-state index is 0.124. The van der Waals surface area contributed by atoms with Gasteiger partial charge in [0.2, 0.25) is 0 Å². The Balaban J connectivity index is 2.19. The molecule has 2 aromatic carbocycles. The van der Waals surface area contributed by atoms with E-state index >= 15 is 0 Å². The van der Waals surface area contributed by atoms with E-state index in [4.69, 9.17) is 14.6 Å². The van der Waals surface area contributed by atoms with Crippen molar-refractivity contribution < 1.29 is 19.4 Å². The first-order valence-electron chi connectivity index (χ1n) is 7.47. The van der Waals surface area contributed by atoms with E-state index in [2.05, 4.69) is 21.2 Å². The first-order valence-corrected chi connectivity index (χ1v) is 8.26. The van der Waals surface area contributed by atoms with Crippen LogP contribution in [0, 0.1) is 6.92 Å². The normalized spacial score (nSPS) is 10.5. The highest BCUT2D eigenvalue weighted by molar-refractivity contribution is 9.10. The molecule has 128 valence electrons. The average molecular weight is 394 g/mol. The van der Waals surface area contributed by atoms with Gasteiger partial charge in [0.05, 0.1) is 13.7 Å². The lowest BCUT2D eigenvalue weighted by atomic mass is 10.1. The molecule has 2 rings (SSSR count). The molecule has 0 amide bonds. The van der Waals surface area contributed by atoms with E-state index in [1.165, 1.54) is 5.56 Å². The van der Waals surface area contributed by atoms with Crippen molar-refractivity contribution in [1.82, 2.24) is 5.32 Å². The molecule has 0 aliphatic rings. The topological polar surface area (TPSA) is 67.8 Å². The van der Waals surface area contributed by atoms with Gasteiger partial charge in [-0.2, -0.15) is 0 Å². The highest BCUT2D eigenvalue weighted by Gasteiger charge is 2.15. The predicted molar refractivity (Wildman–Crippen MR) is 95.5 cm³/mol. The van der Waals surface area contributed by atoms with Crippen molar-refractivity contribution in [3.8, 4) is 11.5 Å². The number of benzene rings is 2. The highest BCUT2D eigenvalue weighted by atomic mass is 79.9. The maximum Gasteiger partial charge on any atom is 0.317 e. The molecule has 0 heterocycles. The van der Waals surface area contributed by atoms with Gasteiger partial charge in [0.1, 0.15) is 6.61 Å². The quantitative estimate of drug-likeness (QED) is 0.717. The fourth-order valence-electron chi connectivity index (χ4n) is 2.20. The number of hydrogen-bond acceptors (Lipinski definition) is 4. The Bertz CT molecular complexity index is 701. The Kier molecular flexibility index (Phi) is 6.63. The van der Waals surface area contributed by atoms with Crippen LogP contribution in [0.4, 0.5) is 0 Å². The van der Waals surface area contributed by atoms with Crippen LogP contribution in [0.1, 0.15) is 16.7 Å². The van der Waals surface area contributed by atoms with Crippen LogP contribution >= 0.6 is 15.9 Å². The molecule has 0 saturated carbocycles. The molecule has 0 atom stereocenters. The molecular formula is C18H20BrNO4. The number of methoxy groups -OCH3 is 1. The molecule has 24 heavy (non-hydrogen) atoms. The Morgan fingerprint density at radius 1 is 1.21 bits per heavy atom. The Morgan fingerprint density at radius 3 is 2.54 bits per heavy atom. The summed E-state index contributed by atoms with van der Waals surface area (Å²) in [5, 5.41) is 11.6. The van der Waals surface area contributed by atoms with Gasteiger partial charge in [0.25, 0.3) is 0 Å². The number of carboxylic acid groups (broad SMARTS) is 1. The molecule has 0 aliphatic carbocycles. The third-order valence-corrected chi connectivity index (χ3v) is 4.21. The van der Waals surface area contributed by atoms with Gasteiger partial charge in [-0.25, -0.2) is 0 Å². The van der Waals surface area contributed by atoms with Crippen LogP contribution in [0.25, 0.3) is 0 Å². The van der Waals surface area contributed by atoms with Crippen molar-refractivity contribution in [3.05, 3.63) is 57.6 Å². The number of hydrogen-bond donors (Lipinski definition) is 2. The summed E-state index contributed by atoms with van der Waals surface area (Å²) >= 11 is 3.49. The van der Waals surface area contributed by atoms with Crippen LogP contribution < -0.4 is 14.8 Å². The van der Waals surface area contributed by atoms with Gasteiger partial charge in [-0.05, 0) is 24.6 Å². The summed E-state index contributed by atoms with van der Waals surface area (Å²) in [6.45, 7) is 2.67. The molecule has 2 aromatic rings. The molecule has 6 heteroatoms. The Labute approximate surface area is 149 Å². The summed E-state index contributed by atoms with van der Waals surface area (Å²) in [6, 6.07) is 11.8. The maximum atomic E-state index is 10.7. The van der Waals surface area contributed by atoms with Gasteiger partial charge in [-0.15, -0.1) is 0 Å². The van der Waals surface area contributed by atoms with Gasteiger partial charge >= 0.3 is 5.97 Å². The van der Waals surface area contributed by atoms with Crippen LogP contribution in [0.15, 0.2) is 40.9 Å². The van der Waals surface area contributed by atoms with Crippen LogP contribution in [-0.4, -0.2) is 24.7 Å². The third kappa shape index (κ3) is 4.97. The Hall–Kier alpha value is -2.05. The van der Waals surface area contributed by atoms with Crippen LogP contribution in [0.3, 0.4) is 0 Å². The lowest BCUT2D eigenvalue weighted by molar-refractivity contribution is -0.136. The van der Waals surface area contributed by atoms with Crippen molar-refractivity contribution >= 4 is 21.9 Å². The standard InChI is InChI=1S/C18H20BrNO4/c1-12-3-5-13(6-4-12)11-24-18-14(9-20-10-17(21)22)15(19)7-8-16(18)23-2/h3-8,20H,9-11H2,1-2H3,(H,21,22).